The summed E-state index contributed by atoms with van der Waals surface area (Å²) >= 11 is 1.21. The summed E-state index contributed by atoms with van der Waals surface area (Å²) in [4.78, 5) is 0. The fraction of sp³-hybridized carbons (Fsp3) is 0.600. The van der Waals surface area contributed by atoms with Gasteiger partial charge >= 0.3 is 0 Å². The van der Waals surface area contributed by atoms with E-state index >= 15 is 0 Å². The molecule has 0 saturated carbocycles. The molecular weight excluding hydrogens is 248 g/mol. The lowest BCUT2D eigenvalue weighted by atomic mass is 10.7. The molecule has 16 heavy (non-hydrogen) atoms. The number of hydrogen-bond donors (Lipinski definition) is 0. The monoisotopic (exact) mass is 264 g/mol. The molecule has 4 nitrogen and oxygen atoms in total. The normalized spacial score (nSPS) is 12.2. The van der Waals surface area contributed by atoms with E-state index in [4.69, 9.17) is 9.47 Å². The summed E-state index contributed by atoms with van der Waals surface area (Å²) in [6.07, 6.45) is -0.679. The predicted octanol–water partition coefficient (Wildman–Crippen LogP) is 1.92. The minimum atomic E-state index is -3.29. The van der Waals surface area contributed by atoms with Gasteiger partial charge in [0, 0.05) is 13.2 Å². The van der Waals surface area contributed by atoms with Crippen molar-refractivity contribution in [3.63, 3.8) is 0 Å². The van der Waals surface area contributed by atoms with Crippen LogP contribution in [0, 0.1) is 0 Å². The number of thiophene rings is 1. The van der Waals surface area contributed by atoms with Gasteiger partial charge in [0.15, 0.2) is 16.1 Å². The van der Waals surface area contributed by atoms with Crippen molar-refractivity contribution in [3.8, 4) is 0 Å². The van der Waals surface area contributed by atoms with Gasteiger partial charge in [0.2, 0.25) is 0 Å². The average molecular weight is 264 g/mol. The number of ether oxygens (including phenoxy) is 2. The second-order valence-corrected chi connectivity index (χ2v) is 6.26. The Bertz CT molecular complexity index is 377. The summed E-state index contributed by atoms with van der Waals surface area (Å²) in [5, 5.41) is 1.74. The van der Waals surface area contributed by atoms with Gasteiger partial charge in [-0.1, -0.05) is 6.07 Å². The van der Waals surface area contributed by atoms with Crippen LogP contribution in [0.4, 0.5) is 0 Å². The van der Waals surface area contributed by atoms with Crippen LogP contribution in [0.15, 0.2) is 21.7 Å². The Balaban J connectivity index is 2.70. The summed E-state index contributed by atoms with van der Waals surface area (Å²) in [7, 11) is -3.29. The predicted molar refractivity (Wildman–Crippen MR) is 63.4 cm³/mol. The molecule has 0 spiro atoms. The third kappa shape index (κ3) is 3.86. The molecule has 0 N–H and O–H groups in total. The lowest BCUT2D eigenvalue weighted by Crippen LogP contribution is -2.26. The zero-order valence-corrected chi connectivity index (χ0v) is 11.0. The minimum absolute atomic E-state index is 0.130. The first-order chi connectivity index (χ1) is 7.60. The average Bonchev–Trinajstić information content (AvgIpc) is 2.71. The summed E-state index contributed by atoms with van der Waals surface area (Å²) in [5.41, 5.74) is 0. The lowest BCUT2D eigenvalue weighted by molar-refractivity contribution is -0.120. The Hall–Kier alpha value is -0.430. The van der Waals surface area contributed by atoms with E-state index in [0.29, 0.717) is 17.4 Å². The van der Waals surface area contributed by atoms with Crippen LogP contribution < -0.4 is 0 Å². The summed E-state index contributed by atoms with van der Waals surface area (Å²) in [6, 6.07) is 3.31. The molecule has 1 rings (SSSR count). The van der Waals surface area contributed by atoms with Crippen LogP contribution in [-0.4, -0.2) is 33.7 Å². The molecule has 0 aliphatic rings. The zero-order chi connectivity index (χ0) is 12.0. The standard InChI is InChI=1S/C10H16O4S2/c1-3-13-9(14-4-2)8-16(11,12)10-6-5-7-15-10/h5-7,9H,3-4,8H2,1-2H3. The number of sulfone groups is 1. The van der Waals surface area contributed by atoms with Gasteiger partial charge in [-0.05, 0) is 25.3 Å². The molecule has 0 saturated heterocycles. The second kappa shape index (κ2) is 6.34. The van der Waals surface area contributed by atoms with Crippen LogP contribution in [0.5, 0.6) is 0 Å². The lowest BCUT2D eigenvalue weighted by Gasteiger charge is -2.16. The first-order valence-corrected chi connectivity index (χ1v) is 7.62. The highest BCUT2D eigenvalue weighted by molar-refractivity contribution is 7.93. The second-order valence-electron chi connectivity index (χ2n) is 3.05. The van der Waals surface area contributed by atoms with Crippen molar-refractivity contribution in [1.29, 1.82) is 0 Å². The molecule has 0 radical (unpaired) electrons. The van der Waals surface area contributed by atoms with Gasteiger partial charge < -0.3 is 9.47 Å². The Morgan fingerprint density at radius 3 is 2.38 bits per heavy atom. The highest BCUT2D eigenvalue weighted by atomic mass is 32.2. The van der Waals surface area contributed by atoms with Gasteiger partial charge in [-0.3, -0.25) is 0 Å². The van der Waals surface area contributed by atoms with E-state index in [1.165, 1.54) is 11.3 Å². The third-order valence-electron chi connectivity index (χ3n) is 1.86. The Morgan fingerprint density at radius 2 is 1.94 bits per heavy atom. The van der Waals surface area contributed by atoms with Crippen LogP contribution >= 0.6 is 11.3 Å². The first-order valence-electron chi connectivity index (χ1n) is 5.09. The molecule has 0 fully saturated rings. The van der Waals surface area contributed by atoms with Crippen molar-refractivity contribution >= 4 is 21.2 Å². The molecular formula is C10H16O4S2. The van der Waals surface area contributed by atoms with Gasteiger partial charge in [-0.2, -0.15) is 0 Å². The molecule has 6 heteroatoms. The van der Waals surface area contributed by atoms with Crippen LogP contribution in [0.1, 0.15) is 13.8 Å². The maximum atomic E-state index is 11.9. The van der Waals surface area contributed by atoms with E-state index in [0.717, 1.165) is 0 Å². The van der Waals surface area contributed by atoms with E-state index in [9.17, 15) is 8.42 Å². The Kier molecular flexibility index (Phi) is 5.40. The Labute approximate surface area is 100 Å². The van der Waals surface area contributed by atoms with Crippen LogP contribution in [0.2, 0.25) is 0 Å². The highest BCUT2D eigenvalue weighted by Gasteiger charge is 2.22. The maximum Gasteiger partial charge on any atom is 0.192 e. The third-order valence-corrected chi connectivity index (χ3v) is 5.03. The summed E-state index contributed by atoms with van der Waals surface area (Å²) in [6.45, 7) is 4.49. The van der Waals surface area contributed by atoms with Crippen molar-refractivity contribution in [2.75, 3.05) is 19.0 Å². The fourth-order valence-corrected chi connectivity index (χ4v) is 3.62. The molecule has 0 aromatic carbocycles. The van der Waals surface area contributed by atoms with Gasteiger partial charge in [0.25, 0.3) is 0 Å². The Morgan fingerprint density at radius 1 is 1.31 bits per heavy atom. The van der Waals surface area contributed by atoms with E-state index < -0.39 is 16.1 Å². The van der Waals surface area contributed by atoms with Crippen LogP contribution in [0.3, 0.4) is 0 Å². The van der Waals surface area contributed by atoms with E-state index in [-0.39, 0.29) is 5.75 Å². The van der Waals surface area contributed by atoms with Gasteiger partial charge in [-0.25, -0.2) is 8.42 Å². The molecule has 0 bridgehead atoms. The largest absolute Gasteiger partial charge is 0.352 e. The molecule has 0 amide bonds. The quantitative estimate of drug-likeness (QED) is 0.706. The zero-order valence-electron chi connectivity index (χ0n) is 9.38. The van der Waals surface area contributed by atoms with Gasteiger partial charge in [-0.15, -0.1) is 11.3 Å². The highest BCUT2D eigenvalue weighted by Crippen LogP contribution is 2.19. The van der Waals surface area contributed by atoms with Gasteiger partial charge in [0.1, 0.15) is 9.96 Å². The summed E-state index contributed by atoms with van der Waals surface area (Å²) < 4.78 is 34.6. The first kappa shape index (κ1) is 13.6. The molecule has 0 aliphatic carbocycles. The smallest absolute Gasteiger partial charge is 0.192 e. The summed E-state index contributed by atoms with van der Waals surface area (Å²) in [5.74, 6) is -0.130. The van der Waals surface area contributed by atoms with Gasteiger partial charge in [0.05, 0.1) is 0 Å². The number of rotatable bonds is 7. The molecule has 1 aromatic heterocycles. The molecule has 1 heterocycles. The topological polar surface area (TPSA) is 52.6 Å². The van der Waals surface area contributed by atoms with Crippen molar-refractivity contribution in [2.45, 2.75) is 24.3 Å². The molecule has 0 unspecified atom stereocenters. The molecule has 1 aromatic rings. The number of hydrogen-bond acceptors (Lipinski definition) is 5. The van der Waals surface area contributed by atoms with E-state index in [1.807, 2.05) is 13.8 Å². The van der Waals surface area contributed by atoms with Crippen molar-refractivity contribution < 1.29 is 17.9 Å². The molecule has 0 aliphatic heterocycles. The van der Waals surface area contributed by atoms with Crippen LogP contribution in [0.25, 0.3) is 0 Å². The van der Waals surface area contributed by atoms with Crippen molar-refractivity contribution in [3.05, 3.63) is 17.5 Å². The van der Waals surface area contributed by atoms with Crippen LogP contribution in [-0.2, 0) is 19.3 Å². The van der Waals surface area contributed by atoms with Crippen molar-refractivity contribution in [1.82, 2.24) is 0 Å². The fourth-order valence-electron chi connectivity index (χ4n) is 1.22. The van der Waals surface area contributed by atoms with E-state index in [2.05, 4.69) is 0 Å². The SMILES string of the molecule is CCOC(CS(=O)(=O)c1cccs1)OCC. The molecule has 92 valence electrons. The minimum Gasteiger partial charge on any atom is -0.352 e. The van der Waals surface area contributed by atoms with Crippen molar-refractivity contribution in [2.24, 2.45) is 0 Å². The maximum absolute atomic E-state index is 11.9. The van der Waals surface area contributed by atoms with E-state index in [1.54, 1.807) is 17.5 Å². The molecule has 0 atom stereocenters.